The Hall–Kier alpha value is -6.53. The van der Waals surface area contributed by atoms with Crippen LogP contribution in [-0.2, 0) is 47.9 Å². The number of carbonyl (C=O) groups is 10. The first-order valence-corrected chi connectivity index (χ1v) is 27.0. The Bertz CT molecular complexity index is 1980. The molecule has 0 saturated heterocycles. The second-order valence-corrected chi connectivity index (χ2v) is 20.6. The summed E-state index contributed by atoms with van der Waals surface area (Å²) in [7, 11) is 0. The minimum Gasteiger partial charge on any atom is -0.480 e. The molecule has 11 atom stereocenters. The molecule has 0 aromatic heterocycles. The minimum atomic E-state index is -1.82. The van der Waals surface area contributed by atoms with Crippen LogP contribution in [0, 0.1) is 28.6 Å². The van der Waals surface area contributed by atoms with E-state index >= 15 is 0 Å². The molecule has 29 nitrogen and oxygen atoms in total. The Morgan fingerprint density at radius 1 is 0.532 bits per heavy atom. The number of aliphatic carboxylic acids is 1. The largest absolute Gasteiger partial charge is 0.480 e. The second-order valence-electron chi connectivity index (χ2n) is 19.6. The monoisotopic (exact) mass is 1120 g/mol. The predicted molar refractivity (Wildman–Crippen MR) is 288 cm³/mol. The van der Waals surface area contributed by atoms with Crippen LogP contribution in [-0.4, -0.2) is 179 Å². The summed E-state index contributed by atoms with van der Waals surface area (Å²) in [5.74, 6) is -10.8. The zero-order valence-corrected chi connectivity index (χ0v) is 46.4. The lowest BCUT2D eigenvalue weighted by atomic mass is 9.96. The van der Waals surface area contributed by atoms with Gasteiger partial charge in [0.15, 0.2) is 11.9 Å². The van der Waals surface area contributed by atoms with Crippen molar-refractivity contribution >= 4 is 82.8 Å². The molecule has 0 saturated carbocycles. The van der Waals surface area contributed by atoms with E-state index in [9.17, 15) is 63.3 Å². The summed E-state index contributed by atoms with van der Waals surface area (Å²) in [6.45, 7) is 10.7. The molecule has 0 aromatic rings. The number of nitrogens with two attached hydrogens (primary N) is 4. The maximum absolute atomic E-state index is 14.3. The summed E-state index contributed by atoms with van der Waals surface area (Å²) >= 11 is 1.44. The number of carboxylic acid groups (broad SMARTS) is 1. The number of aliphatic hydroxyl groups excluding tert-OH is 2. The van der Waals surface area contributed by atoms with Gasteiger partial charge in [0.2, 0.25) is 53.2 Å². The highest BCUT2D eigenvalue weighted by Crippen LogP contribution is 2.14. The minimum absolute atomic E-state index is 0.0469. The van der Waals surface area contributed by atoms with Crippen LogP contribution in [0.25, 0.3) is 0 Å². The van der Waals surface area contributed by atoms with E-state index < -0.39 is 145 Å². The Labute approximate surface area is 454 Å². The number of rotatable bonds is 39. The summed E-state index contributed by atoms with van der Waals surface area (Å²) in [5, 5.41) is 70.5. The average molecular weight is 1120 g/mol. The van der Waals surface area contributed by atoms with Gasteiger partial charge in [-0.15, -0.1) is 0 Å². The molecular weight excluding hydrogens is 1030 g/mol. The van der Waals surface area contributed by atoms with Gasteiger partial charge in [-0.2, -0.15) is 11.8 Å². The fraction of sp³-hybridized carbons (Fsp3) is 0.745. The zero-order chi connectivity index (χ0) is 59.1. The van der Waals surface area contributed by atoms with Gasteiger partial charge < -0.3 is 91.4 Å². The number of primary amides is 1. The van der Waals surface area contributed by atoms with Crippen LogP contribution in [0.1, 0.15) is 113 Å². The van der Waals surface area contributed by atoms with Crippen LogP contribution in [0.2, 0.25) is 0 Å². The molecule has 0 spiro atoms. The standard InChI is InChI=1S/C47H88N16O13S/c1-9-25(6)35(43(73)57-28(12-10-17-54-46(50)51)38(68)59-31(20-23(2)3)41(71)60-32(45(75)76)21-24(4)5)62-40(70)30(14-15-34(49)66)56-42(72)33(22-64)61-39(69)29(13-11-18-55-47(52)53)58-44(74)36(26(7)65)63-37(67)27(48)16-19-77-8/h23-33,35-36,64-65H,9-22,48H2,1-8H3,(H2,49,66)(H,56,72)(H,57,73)(H,58,74)(H,59,68)(H,60,71)(H,61,69)(H,62,70)(H,63,67)(H,75,76)(H4,50,51,54)(H4,52,53,55)/t25-,26+,27-,28-,29-,30-,31-,32-,33-,35-,36-/m0/s1. The maximum Gasteiger partial charge on any atom is 0.326 e. The molecule has 0 fully saturated rings. The lowest BCUT2D eigenvalue weighted by Crippen LogP contribution is -2.62. The lowest BCUT2D eigenvalue weighted by molar-refractivity contribution is -0.143. The number of hydrogen-bond acceptors (Lipinski definition) is 16. The molecule has 440 valence electrons. The quantitative estimate of drug-likeness (QED) is 0.0156. The maximum atomic E-state index is 14.3. The molecule has 0 aliphatic carbocycles. The van der Waals surface area contributed by atoms with Gasteiger partial charge in [0.1, 0.15) is 48.3 Å². The number of aliphatic hydroxyl groups is 2. The Kier molecular flexibility index (Phi) is 34.1. The van der Waals surface area contributed by atoms with Gasteiger partial charge >= 0.3 is 5.97 Å². The number of hydrogen-bond donors (Lipinski definition) is 19. The molecule has 9 amide bonds. The topological polar surface area (TPSA) is 503 Å². The van der Waals surface area contributed by atoms with Crippen molar-refractivity contribution in [1.29, 1.82) is 10.8 Å². The first-order valence-electron chi connectivity index (χ1n) is 25.6. The first-order chi connectivity index (χ1) is 36.0. The molecular formula is C47H88N16O13S. The molecule has 77 heavy (non-hydrogen) atoms. The number of carboxylic acids is 1. The van der Waals surface area contributed by atoms with Crippen molar-refractivity contribution in [3.05, 3.63) is 0 Å². The first kappa shape index (κ1) is 70.5. The predicted octanol–water partition coefficient (Wildman–Crippen LogP) is -4.67. The Balaban J connectivity index is 6.80. The highest BCUT2D eigenvalue weighted by Gasteiger charge is 2.37. The zero-order valence-electron chi connectivity index (χ0n) is 45.5. The highest BCUT2D eigenvalue weighted by molar-refractivity contribution is 7.98. The SMILES string of the molecule is CC[C@H](C)[C@H](NC(=O)[C@H](CCC(N)=O)NC(=O)[C@H](CO)NC(=O)[C@H](CCCNC(=N)N)NC(=O)[C@@H](NC(=O)[C@@H](N)CCSC)[C@@H](C)O)C(=O)N[C@@H](CCCNC(=N)N)C(=O)N[C@@H](CC(C)C)C(=O)N[C@@H](CC(C)C)C(=O)O. The molecule has 0 unspecified atom stereocenters. The van der Waals surface area contributed by atoms with E-state index in [2.05, 4.69) is 53.2 Å². The smallest absolute Gasteiger partial charge is 0.326 e. The summed E-state index contributed by atoms with van der Waals surface area (Å²) in [5.41, 5.74) is 22.2. The van der Waals surface area contributed by atoms with Gasteiger partial charge in [0.05, 0.1) is 18.8 Å². The van der Waals surface area contributed by atoms with Crippen LogP contribution in [0.15, 0.2) is 0 Å². The van der Waals surface area contributed by atoms with Crippen molar-refractivity contribution in [2.24, 2.45) is 40.7 Å². The van der Waals surface area contributed by atoms with Crippen LogP contribution in [0.4, 0.5) is 0 Å². The summed E-state index contributed by atoms with van der Waals surface area (Å²) in [6, 6.07) is -12.9. The molecule has 0 heterocycles. The van der Waals surface area contributed by atoms with Crippen LogP contribution in [0.5, 0.6) is 0 Å². The molecule has 0 aliphatic heterocycles. The van der Waals surface area contributed by atoms with Crippen LogP contribution < -0.4 is 76.1 Å². The van der Waals surface area contributed by atoms with Gasteiger partial charge in [-0.25, -0.2) is 4.79 Å². The third-order valence-corrected chi connectivity index (χ3v) is 12.5. The Morgan fingerprint density at radius 3 is 1.35 bits per heavy atom. The number of thioether (sulfide) groups is 1. The van der Waals surface area contributed by atoms with E-state index in [4.69, 9.17) is 33.8 Å². The average Bonchev–Trinajstić information content (AvgIpc) is 3.34. The van der Waals surface area contributed by atoms with Crippen molar-refractivity contribution in [3.63, 3.8) is 0 Å². The van der Waals surface area contributed by atoms with Gasteiger partial charge in [0.25, 0.3) is 0 Å². The number of guanidine groups is 2. The van der Waals surface area contributed by atoms with E-state index in [-0.39, 0.29) is 88.2 Å². The van der Waals surface area contributed by atoms with Crippen LogP contribution in [0.3, 0.4) is 0 Å². The van der Waals surface area contributed by atoms with Gasteiger partial charge in [-0.3, -0.25) is 54.0 Å². The summed E-state index contributed by atoms with van der Waals surface area (Å²) in [4.78, 5) is 134. The molecule has 30 heteroatoms. The normalized spacial score (nSPS) is 15.4. The highest BCUT2D eigenvalue weighted by atomic mass is 32.2. The van der Waals surface area contributed by atoms with Crippen molar-refractivity contribution in [2.75, 3.05) is 31.7 Å². The molecule has 0 rings (SSSR count). The lowest BCUT2D eigenvalue weighted by Gasteiger charge is -2.30. The van der Waals surface area contributed by atoms with Crippen molar-refractivity contribution in [2.45, 2.75) is 173 Å². The molecule has 23 N–H and O–H groups in total. The van der Waals surface area contributed by atoms with E-state index in [1.54, 1.807) is 41.5 Å². The summed E-state index contributed by atoms with van der Waals surface area (Å²) < 4.78 is 0. The second kappa shape index (κ2) is 37.3. The third-order valence-electron chi connectivity index (χ3n) is 11.9. The summed E-state index contributed by atoms with van der Waals surface area (Å²) in [6.07, 6.45) is 0.0907. The van der Waals surface area contributed by atoms with Crippen molar-refractivity contribution in [3.8, 4) is 0 Å². The van der Waals surface area contributed by atoms with Gasteiger partial charge in [0, 0.05) is 19.5 Å². The third kappa shape index (κ3) is 29.0. The Morgan fingerprint density at radius 2 is 0.922 bits per heavy atom. The van der Waals surface area contributed by atoms with Gasteiger partial charge in [-0.1, -0.05) is 48.0 Å². The van der Waals surface area contributed by atoms with Crippen LogP contribution >= 0.6 is 11.8 Å². The molecule has 0 aromatic carbocycles. The fourth-order valence-electron chi connectivity index (χ4n) is 7.35. The van der Waals surface area contributed by atoms with Gasteiger partial charge in [-0.05, 0) is 88.1 Å². The number of carbonyl (C=O) groups excluding carboxylic acids is 9. The van der Waals surface area contributed by atoms with E-state index in [1.165, 1.54) is 18.7 Å². The van der Waals surface area contributed by atoms with E-state index in [0.29, 0.717) is 5.75 Å². The number of amides is 9. The molecule has 0 radical (unpaired) electrons. The molecule has 0 bridgehead atoms. The van der Waals surface area contributed by atoms with E-state index in [0.717, 1.165) is 0 Å². The molecule has 0 aliphatic rings. The van der Waals surface area contributed by atoms with E-state index in [1.807, 2.05) is 6.26 Å². The number of nitrogens with one attached hydrogen (secondary N) is 12. The van der Waals surface area contributed by atoms with Crippen molar-refractivity contribution in [1.82, 2.24) is 53.2 Å². The fourth-order valence-corrected chi connectivity index (χ4v) is 7.84. The van der Waals surface area contributed by atoms with Crippen molar-refractivity contribution < 1.29 is 63.3 Å².